The van der Waals surface area contributed by atoms with Gasteiger partial charge < -0.3 is 28.8 Å². The SMILES string of the molecule is COCCNc1ccc(C(=O)OCc2nc(-c3ccc(OC)cc3OC)no2)cc1[N+](=O)[O-]. The first-order valence-corrected chi connectivity index (χ1v) is 9.70. The number of carbonyl (C=O) groups excluding carboxylic acids is 1. The number of nitro groups is 1. The maximum Gasteiger partial charge on any atom is 0.338 e. The zero-order valence-electron chi connectivity index (χ0n) is 18.2. The van der Waals surface area contributed by atoms with Gasteiger partial charge in [0, 0.05) is 25.8 Å². The van der Waals surface area contributed by atoms with E-state index < -0.39 is 10.9 Å². The molecule has 0 aliphatic rings. The maximum atomic E-state index is 12.4. The Bertz CT molecular complexity index is 1130. The van der Waals surface area contributed by atoms with Crippen LogP contribution in [0.15, 0.2) is 40.9 Å². The summed E-state index contributed by atoms with van der Waals surface area (Å²) in [4.78, 5) is 27.4. The van der Waals surface area contributed by atoms with Gasteiger partial charge in [0.25, 0.3) is 11.6 Å². The van der Waals surface area contributed by atoms with Crippen LogP contribution in [-0.4, -0.2) is 55.5 Å². The van der Waals surface area contributed by atoms with Crippen LogP contribution in [0, 0.1) is 10.1 Å². The zero-order valence-corrected chi connectivity index (χ0v) is 18.2. The smallest absolute Gasteiger partial charge is 0.338 e. The molecule has 0 amide bonds. The highest BCUT2D eigenvalue weighted by Crippen LogP contribution is 2.31. The van der Waals surface area contributed by atoms with E-state index in [1.165, 1.54) is 33.5 Å². The van der Waals surface area contributed by atoms with Gasteiger partial charge in [-0.25, -0.2) is 4.79 Å². The third-order valence-corrected chi connectivity index (χ3v) is 4.50. The minimum absolute atomic E-state index is 0.00977. The number of benzene rings is 2. The molecule has 3 aromatic rings. The normalized spacial score (nSPS) is 10.5. The van der Waals surface area contributed by atoms with Crippen molar-refractivity contribution in [1.82, 2.24) is 10.1 Å². The van der Waals surface area contributed by atoms with Crippen LogP contribution in [0.3, 0.4) is 0 Å². The molecule has 0 unspecified atom stereocenters. The van der Waals surface area contributed by atoms with Crippen LogP contribution in [0.25, 0.3) is 11.4 Å². The molecule has 0 radical (unpaired) electrons. The number of ether oxygens (including phenoxy) is 4. The van der Waals surface area contributed by atoms with Gasteiger partial charge in [0.05, 0.1) is 36.9 Å². The van der Waals surface area contributed by atoms with Crippen molar-refractivity contribution in [1.29, 1.82) is 0 Å². The van der Waals surface area contributed by atoms with E-state index in [-0.39, 0.29) is 35.3 Å². The van der Waals surface area contributed by atoms with Crippen molar-refractivity contribution in [2.75, 3.05) is 39.8 Å². The highest BCUT2D eigenvalue weighted by Gasteiger charge is 2.20. The van der Waals surface area contributed by atoms with Gasteiger partial charge in [-0.15, -0.1) is 0 Å². The first kappa shape index (κ1) is 23.5. The summed E-state index contributed by atoms with van der Waals surface area (Å²) < 4.78 is 25.7. The molecule has 0 atom stereocenters. The molecule has 2 aromatic carbocycles. The summed E-state index contributed by atoms with van der Waals surface area (Å²) in [6.45, 7) is 0.432. The molecule has 1 heterocycles. The van der Waals surface area contributed by atoms with Crippen LogP contribution in [0.4, 0.5) is 11.4 Å². The molecule has 0 aliphatic carbocycles. The topological polar surface area (TPSA) is 148 Å². The van der Waals surface area contributed by atoms with E-state index in [4.69, 9.17) is 23.5 Å². The molecular formula is C21H22N4O8. The van der Waals surface area contributed by atoms with Crippen LogP contribution < -0.4 is 14.8 Å². The Labute approximate surface area is 188 Å². The van der Waals surface area contributed by atoms with Crippen LogP contribution in [0.2, 0.25) is 0 Å². The summed E-state index contributed by atoms with van der Waals surface area (Å²) in [5, 5.41) is 18.1. The largest absolute Gasteiger partial charge is 0.497 e. The van der Waals surface area contributed by atoms with Crippen LogP contribution >= 0.6 is 0 Å². The maximum absolute atomic E-state index is 12.4. The van der Waals surface area contributed by atoms with Gasteiger partial charge >= 0.3 is 5.97 Å². The van der Waals surface area contributed by atoms with Gasteiger partial charge in [-0.05, 0) is 24.3 Å². The molecular weight excluding hydrogens is 436 g/mol. The number of nitro benzene ring substituents is 1. The van der Waals surface area contributed by atoms with Gasteiger partial charge in [-0.3, -0.25) is 10.1 Å². The fourth-order valence-electron chi connectivity index (χ4n) is 2.86. The predicted molar refractivity (Wildman–Crippen MR) is 115 cm³/mol. The Kier molecular flexibility index (Phi) is 7.76. The van der Waals surface area contributed by atoms with Crippen molar-refractivity contribution in [3.63, 3.8) is 0 Å². The van der Waals surface area contributed by atoms with Gasteiger partial charge in [0.15, 0.2) is 6.61 Å². The number of hydrogen-bond donors (Lipinski definition) is 1. The highest BCUT2D eigenvalue weighted by molar-refractivity contribution is 5.91. The number of nitrogens with one attached hydrogen (secondary N) is 1. The number of nitrogens with zero attached hydrogens (tertiary/aromatic N) is 3. The molecule has 0 bridgehead atoms. The van der Waals surface area contributed by atoms with Gasteiger partial charge in [-0.1, -0.05) is 5.16 Å². The summed E-state index contributed by atoms with van der Waals surface area (Å²) in [6, 6.07) is 9.09. The minimum atomic E-state index is -0.775. The quantitative estimate of drug-likeness (QED) is 0.195. The average Bonchev–Trinajstić information content (AvgIpc) is 3.31. The van der Waals surface area contributed by atoms with Crippen LogP contribution in [0.1, 0.15) is 16.2 Å². The lowest BCUT2D eigenvalue weighted by Gasteiger charge is -2.08. The summed E-state index contributed by atoms with van der Waals surface area (Å²) in [5.41, 5.74) is 0.582. The van der Waals surface area contributed by atoms with Gasteiger partial charge in [0.2, 0.25) is 5.82 Å². The van der Waals surface area contributed by atoms with E-state index in [2.05, 4.69) is 15.5 Å². The van der Waals surface area contributed by atoms with E-state index in [0.717, 1.165) is 6.07 Å². The van der Waals surface area contributed by atoms with Crippen molar-refractivity contribution in [2.24, 2.45) is 0 Å². The van der Waals surface area contributed by atoms with Gasteiger partial charge in [0.1, 0.15) is 17.2 Å². The number of methoxy groups -OCH3 is 3. The number of rotatable bonds is 11. The molecule has 0 aliphatic heterocycles. The lowest BCUT2D eigenvalue weighted by atomic mass is 10.1. The molecule has 1 N–H and O–H groups in total. The Morgan fingerprint density at radius 2 is 1.97 bits per heavy atom. The molecule has 0 saturated heterocycles. The van der Waals surface area contributed by atoms with Crippen molar-refractivity contribution in [3.8, 4) is 22.9 Å². The van der Waals surface area contributed by atoms with Gasteiger partial charge in [-0.2, -0.15) is 4.98 Å². The number of esters is 1. The Balaban J connectivity index is 1.69. The highest BCUT2D eigenvalue weighted by atomic mass is 16.6. The Morgan fingerprint density at radius 1 is 1.15 bits per heavy atom. The summed E-state index contributed by atoms with van der Waals surface area (Å²) >= 11 is 0. The molecule has 0 saturated carbocycles. The standard InChI is InChI=1S/C21H22N4O8/c1-29-9-8-22-16-7-4-13(10-17(16)25(27)28)21(26)32-12-19-23-20(24-33-19)15-6-5-14(30-2)11-18(15)31-3/h4-7,10-11,22H,8-9,12H2,1-3H3. The molecule has 33 heavy (non-hydrogen) atoms. The van der Waals surface area contributed by atoms with E-state index in [0.29, 0.717) is 30.2 Å². The molecule has 12 heteroatoms. The zero-order chi connectivity index (χ0) is 23.8. The summed E-state index contributed by atoms with van der Waals surface area (Å²) in [5.74, 6) is 0.585. The van der Waals surface area contributed by atoms with E-state index >= 15 is 0 Å². The summed E-state index contributed by atoms with van der Waals surface area (Å²) in [7, 11) is 4.56. The number of aromatic nitrogens is 2. The van der Waals surface area contributed by atoms with Crippen LogP contribution in [-0.2, 0) is 16.1 Å². The Hall–Kier alpha value is -4.19. The monoisotopic (exact) mass is 458 g/mol. The lowest BCUT2D eigenvalue weighted by molar-refractivity contribution is -0.384. The van der Waals surface area contributed by atoms with Crippen molar-refractivity contribution in [2.45, 2.75) is 6.61 Å². The average molecular weight is 458 g/mol. The molecule has 3 rings (SSSR count). The van der Waals surface area contributed by atoms with Crippen LogP contribution in [0.5, 0.6) is 11.5 Å². The lowest BCUT2D eigenvalue weighted by Crippen LogP contribution is -2.11. The third kappa shape index (κ3) is 5.74. The number of hydrogen-bond acceptors (Lipinski definition) is 11. The molecule has 174 valence electrons. The molecule has 0 spiro atoms. The molecule has 0 fully saturated rings. The minimum Gasteiger partial charge on any atom is -0.497 e. The second kappa shape index (κ2) is 10.9. The number of anilines is 1. The Morgan fingerprint density at radius 3 is 2.67 bits per heavy atom. The number of carbonyl (C=O) groups is 1. The fraction of sp³-hybridized carbons (Fsp3) is 0.286. The van der Waals surface area contributed by atoms with E-state index in [1.807, 2.05) is 0 Å². The summed E-state index contributed by atoms with van der Waals surface area (Å²) in [6.07, 6.45) is 0. The van der Waals surface area contributed by atoms with Crippen molar-refractivity contribution >= 4 is 17.3 Å². The van der Waals surface area contributed by atoms with E-state index in [9.17, 15) is 14.9 Å². The first-order chi connectivity index (χ1) is 16.0. The van der Waals surface area contributed by atoms with E-state index in [1.54, 1.807) is 18.2 Å². The van der Waals surface area contributed by atoms with Crippen molar-refractivity contribution in [3.05, 3.63) is 58.0 Å². The second-order valence-corrected chi connectivity index (χ2v) is 6.56. The molecule has 12 nitrogen and oxygen atoms in total. The second-order valence-electron chi connectivity index (χ2n) is 6.56. The van der Waals surface area contributed by atoms with Crippen molar-refractivity contribution < 1.29 is 33.2 Å². The third-order valence-electron chi connectivity index (χ3n) is 4.50. The fourth-order valence-corrected chi connectivity index (χ4v) is 2.86. The first-order valence-electron chi connectivity index (χ1n) is 9.70. The molecule has 1 aromatic heterocycles. The predicted octanol–water partition coefficient (Wildman–Crippen LogP) is 3.08.